The Morgan fingerprint density at radius 1 is 1.24 bits per heavy atom. The summed E-state index contributed by atoms with van der Waals surface area (Å²) in [6.07, 6.45) is 0.719. The quantitative estimate of drug-likeness (QED) is 0.334. The molecule has 3 aromatic rings. The summed E-state index contributed by atoms with van der Waals surface area (Å²) >= 11 is 7.69. The van der Waals surface area contributed by atoms with Crippen molar-refractivity contribution in [3.8, 4) is 0 Å². The molecule has 0 bridgehead atoms. The van der Waals surface area contributed by atoms with E-state index in [0.29, 0.717) is 54.2 Å². The van der Waals surface area contributed by atoms with Crippen LogP contribution < -0.4 is 9.80 Å². The number of amides is 1. The molecule has 180 valence electrons. The van der Waals surface area contributed by atoms with Crippen molar-refractivity contribution in [2.75, 3.05) is 63.3 Å². The van der Waals surface area contributed by atoms with Crippen LogP contribution in [-0.4, -0.2) is 74.2 Å². The molecule has 9 nitrogen and oxygen atoms in total. The van der Waals surface area contributed by atoms with E-state index in [1.807, 2.05) is 36.0 Å². The van der Waals surface area contributed by atoms with Crippen LogP contribution in [-0.2, 0) is 4.74 Å². The maximum atomic E-state index is 13.6. The van der Waals surface area contributed by atoms with Gasteiger partial charge in [-0.3, -0.25) is 19.8 Å². The average Bonchev–Trinajstić information content (AvgIpc) is 3.27. The van der Waals surface area contributed by atoms with E-state index in [9.17, 15) is 14.9 Å². The molecule has 0 N–H and O–H groups in total. The number of nitro groups is 1. The zero-order chi connectivity index (χ0) is 24.2. The smallest absolute Gasteiger partial charge is 0.293 e. The van der Waals surface area contributed by atoms with E-state index in [1.165, 1.54) is 17.4 Å². The number of ether oxygens (including phenoxy) is 1. The number of para-hydroxylation sites is 1. The summed E-state index contributed by atoms with van der Waals surface area (Å²) in [5.74, 6) is -0.328. The third-order valence-electron chi connectivity index (χ3n) is 5.59. The Morgan fingerprint density at radius 2 is 2.00 bits per heavy atom. The Hall–Kier alpha value is -2.79. The summed E-state index contributed by atoms with van der Waals surface area (Å²) in [7, 11) is 3.94. The lowest BCUT2D eigenvalue weighted by Crippen LogP contribution is -2.37. The number of anilines is 2. The van der Waals surface area contributed by atoms with Gasteiger partial charge in [0.1, 0.15) is 11.2 Å². The van der Waals surface area contributed by atoms with Crippen molar-refractivity contribution in [3.63, 3.8) is 0 Å². The molecule has 1 fully saturated rings. The molecule has 0 saturated carbocycles. The lowest BCUT2D eigenvalue weighted by Gasteiger charge is -2.28. The van der Waals surface area contributed by atoms with Crippen LogP contribution in [0.1, 0.15) is 16.8 Å². The van der Waals surface area contributed by atoms with Gasteiger partial charge in [-0.2, -0.15) is 0 Å². The van der Waals surface area contributed by atoms with Crippen molar-refractivity contribution >= 4 is 55.6 Å². The molecule has 34 heavy (non-hydrogen) atoms. The topological polar surface area (TPSA) is 92.0 Å². The molecular weight excluding hydrogens is 478 g/mol. The molecule has 0 atom stereocenters. The van der Waals surface area contributed by atoms with Crippen molar-refractivity contribution in [3.05, 3.63) is 57.1 Å². The summed E-state index contributed by atoms with van der Waals surface area (Å²) in [5.41, 5.74) is 1.30. The van der Waals surface area contributed by atoms with Crippen molar-refractivity contribution in [1.82, 2.24) is 9.88 Å². The Bertz CT molecular complexity index is 1200. The minimum atomic E-state index is -0.435. The number of benzene rings is 2. The first-order valence-corrected chi connectivity index (χ1v) is 12.2. The normalized spacial score (nSPS) is 14.1. The molecule has 2 aromatic carbocycles. The molecule has 1 amide bonds. The minimum absolute atomic E-state index is 0.0895. The van der Waals surface area contributed by atoms with E-state index in [2.05, 4.69) is 4.98 Å². The molecule has 1 aromatic heterocycles. The van der Waals surface area contributed by atoms with Crippen LogP contribution >= 0.6 is 22.9 Å². The van der Waals surface area contributed by atoms with Crippen LogP contribution in [0.5, 0.6) is 0 Å². The molecule has 1 aliphatic heterocycles. The second kappa shape index (κ2) is 10.6. The zero-order valence-corrected chi connectivity index (χ0v) is 20.6. The van der Waals surface area contributed by atoms with Gasteiger partial charge in [0.2, 0.25) is 0 Å². The van der Waals surface area contributed by atoms with Crippen molar-refractivity contribution < 1.29 is 14.5 Å². The molecule has 0 spiro atoms. The Labute approximate surface area is 206 Å². The summed E-state index contributed by atoms with van der Waals surface area (Å²) < 4.78 is 6.24. The number of nitro benzene ring substituents is 1. The van der Waals surface area contributed by atoms with Gasteiger partial charge in [-0.15, -0.1) is 0 Å². The van der Waals surface area contributed by atoms with Crippen molar-refractivity contribution in [2.24, 2.45) is 0 Å². The summed E-state index contributed by atoms with van der Waals surface area (Å²) in [6, 6.07) is 10.2. The third-order valence-corrected chi connectivity index (χ3v) is 6.94. The number of carbonyl (C=O) groups excluding carboxylic acids is 1. The summed E-state index contributed by atoms with van der Waals surface area (Å²) in [6.45, 7) is 3.36. The largest absolute Gasteiger partial charge is 0.378 e. The molecule has 11 heteroatoms. The fourth-order valence-corrected chi connectivity index (χ4v) is 5.17. The van der Waals surface area contributed by atoms with Crippen LogP contribution in [0, 0.1) is 10.1 Å². The predicted octanol–water partition coefficient (Wildman–Crippen LogP) is 4.29. The number of hydrogen-bond donors (Lipinski definition) is 0. The highest BCUT2D eigenvalue weighted by Crippen LogP contribution is 2.35. The van der Waals surface area contributed by atoms with Gasteiger partial charge in [0.15, 0.2) is 5.13 Å². The molecule has 4 rings (SSSR count). The van der Waals surface area contributed by atoms with E-state index in [-0.39, 0.29) is 17.2 Å². The van der Waals surface area contributed by atoms with E-state index in [0.717, 1.165) is 17.7 Å². The first kappa shape index (κ1) is 24.3. The van der Waals surface area contributed by atoms with Gasteiger partial charge in [0.05, 0.1) is 27.9 Å². The third kappa shape index (κ3) is 5.30. The highest BCUT2D eigenvalue weighted by atomic mass is 35.5. The second-order valence-corrected chi connectivity index (χ2v) is 9.67. The number of rotatable bonds is 8. The van der Waals surface area contributed by atoms with Gasteiger partial charge in [0, 0.05) is 31.3 Å². The van der Waals surface area contributed by atoms with E-state index >= 15 is 0 Å². The highest BCUT2D eigenvalue weighted by Gasteiger charge is 2.27. The molecule has 1 saturated heterocycles. The predicted molar refractivity (Wildman–Crippen MR) is 136 cm³/mol. The Morgan fingerprint density at radius 3 is 2.68 bits per heavy atom. The van der Waals surface area contributed by atoms with Crippen molar-refractivity contribution in [2.45, 2.75) is 6.42 Å². The first-order valence-electron chi connectivity index (χ1n) is 11.0. The highest BCUT2D eigenvalue weighted by molar-refractivity contribution is 7.22. The van der Waals surface area contributed by atoms with E-state index in [4.69, 9.17) is 16.3 Å². The van der Waals surface area contributed by atoms with Gasteiger partial charge >= 0.3 is 0 Å². The van der Waals surface area contributed by atoms with Gasteiger partial charge in [-0.25, -0.2) is 4.98 Å². The fraction of sp³-hybridized carbons (Fsp3) is 0.391. The lowest BCUT2D eigenvalue weighted by atomic mass is 10.1. The number of nitrogens with zero attached hydrogens (tertiary/aromatic N) is 5. The fourth-order valence-electron chi connectivity index (χ4n) is 3.88. The second-order valence-electron chi connectivity index (χ2n) is 8.26. The van der Waals surface area contributed by atoms with Crippen LogP contribution in [0.15, 0.2) is 36.4 Å². The monoisotopic (exact) mass is 503 g/mol. The molecule has 0 unspecified atom stereocenters. The van der Waals surface area contributed by atoms with Gasteiger partial charge in [-0.1, -0.05) is 29.0 Å². The molecule has 1 aliphatic rings. The lowest BCUT2D eigenvalue weighted by molar-refractivity contribution is -0.384. The van der Waals surface area contributed by atoms with E-state index < -0.39 is 4.92 Å². The maximum absolute atomic E-state index is 13.6. The molecule has 2 heterocycles. The van der Waals surface area contributed by atoms with Crippen LogP contribution in [0.25, 0.3) is 10.2 Å². The number of halogens is 1. The van der Waals surface area contributed by atoms with Gasteiger partial charge < -0.3 is 14.5 Å². The number of morpholine rings is 1. The number of thiazole rings is 1. The number of aromatic nitrogens is 1. The number of carbonyl (C=O) groups is 1. The number of hydrogen-bond acceptors (Lipinski definition) is 8. The Kier molecular flexibility index (Phi) is 7.62. The molecule has 0 aliphatic carbocycles. The number of fused-ring (bicyclic) bond motifs is 1. The van der Waals surface area contributed by atoms with Gasteiger partial charge in [0.25, 0.3) is 11.6 Å². The van der Waals surface area contributed by atoms with Crippen LogP contribution in [0.3, 0.4) is 0 Å². The summed E-state index contributed by atoms with van der Waals surface area (Å²) in [4.78, 5) is 35.3. The summed E-state index contributed by atoms with van der Waals surface area (Å²) in [5, 5.41) is 12.9. The van der Waals surface area contributed by atoms with Crippen LogP contribution in [0.2, 0.25) is 5.02 Å². The first-order chi connectivity index (χ1) is 16.3. The van der Waals surface area contributed by atoms with Crippen molar-refractivity contribution in [1.29, 1.82) is 0 Å². The zero-order valence-electron chi connectivity index (χ0n) is 19.1. The molecular formula is C23H26ClN5O4S. The van der Waals surface area contributed by atoms with E-state index in [1.54, 1.807) is 23.1 Å². The Balaban J connectivity index is 1.69. The SMILES string of the molecule is CN(C)CCCN(C(=O)c1ccc(N2CCOCC2)c([N+](=O)[O-])c1)c1nc2c(Cl)cccc2s1. The minimum Gasteiger partial charge on any atom is -0.378 e. The molecule has 0 radical (unpaired) electrons. The van der Waals surface area contributed by atoms with Gasteiger partial charge in [-0.05, 0) is 51.3 Å². The average molecular weight is 504 g/mol. The maximum Gasteiger partial charge on any atom is 0.293 e. The van der Waals surface area contributed by atoms with Crippen LogP contribution in [0.4, 0.5) is 16.5 Å². The standard InChI is InChI=1S/C23H26ClN5O4S/c1-26(2)9-4-10-28(23-25-21-17(24)5-3-6-20(21)34-23)22(30)16-7-8-18(19(15-16)29(31)32)27-11-13-33-14-12-27/h3,5-8,15H,4,9-14H2,1-2H3.